The average Bonchev–Trinajstić information content (AvgIpc) is 2.63. The Kier molecular flexibility index (Phi) is 7.07. The van der Waals surface area contributed by atoms with Crippen LogP contribution < -0.4 is 20.1 Å². The molecule has 2 rings (SSSR count). The van der Waals surface area contributed by atoms with Crippen molar-refractivity contribution in [3.8, 4) is 11.5 Å². The number of rotatable bonds is 7. The molecule has 0 atom stereocenters. The molecular formula is C19H26N4O2. The van der Waals surface area contributed by atoms with Gasteiger partial charge in [-0.15, -0.1) is 0 Å². The van der Waals surface area contributed by atoms with Gasteiger partial charge in [0.1, 0.15) is 0 Å². The van der Waals surface area contributed by atoms with Crippen LogP contribution in [-0.4, -0.2) is 38.3 Å². The van der Waals surface area contributed by atoms with Gasteiger partial charge in [0.15, 0.2) is 17.5 Å². The van der Waals surface area contributed by atoms with E-state index < -0.39 is 0 Å². The van der Waals surface area contributed by atoms with E-state index in [1.807, 2.05) is 43.6 Å². The van der Waals surface area contributed by atoms with E-state index in [1.54, 1.807) is 14.2 Å². The maximum atomic E-state index is 5.60. The highest BCUT2D eigenvalue weighted by Crippen LogP contribution is 2.30. The van der Waals surface area contributed by atoms with E-state index in [-0.39, 0.29) is 0 Å². The predicted octanol–water partition coefficient (Wildman–Crippen LogP) is 3.03. The molecule has 0 amide bonds. The van der Waals surface area contributed by atoms with Gasteiger partial charge in [0.25, 0.3) is 0 Å². The standard InChI is InChI=1S/C19H26N4O2/c1-5-25-18-12-16(6-7-17(18)24-4)23-19(20-3)22-11-9-15-8-10-21-13-14(15)2/h6-8,10,12-13H,5,9,11H2,1-4H3,(H2,20,22,23). The fraction of sp³-hybridized carbons (Fsp3) is 0.368. The lowest BCUT2D eigenvalue weighted by atomic mass is 10.1. The summed E-state index contributed by atoms with van der Waals surface area (Å²) in [5.41, 5.74) is 3.36. The van der Waals surface area contributed by atoms with Gasteiger partial charge in [0, 0.05) is 37.7 Å². The Morgan fingerprint density at radius 2 is 2.08 bits per heavy atom. The molecule has 1 heterocycles. The van der Waals surface area contributed by atoms with Crippen molar-refractivity contribution in [1.29, 1.82) is 0 Å². The van der Waals surface area contributed by atoms with Crippen molar-refractivity contribution >= 4 is 11.6 Å². The van der Waals surface area contributed by atoms with Crippen molar-refractivity contribution < 1.29 is 9.47 Å². The summed E-state index contributed by atoms with van der Waals surface area (Å²) in [7, 11) is 3.38. The quantitative estimate of drug-likeness (QED) is 0.598. The number of aliphatic imine (C=N–C) groups is 1. The van der Waals surface area contributed by atoms with E-state index in [0.717, 1.165) is 18.7 Å². The first kappa shape index (κ1) is 18.6. The summed E-state index contributed by atoms with van der Waals surface area (Å²) >= 11 is 0. The van der Waals surface area contributed by atoms with Gasteiger partial charge in [-0.3, -0.25) is 9.98 Å². The van der Waals surface area contributed by atoms with Gasteiger partial charge >= 0.3 is 0 Å². The summed E-state index contributed by atoms with van der Waals surface area (Å²) in [6.45, 7) is 5.38. The van der Waals surface area contributed by atoms with Gasteiger partial charge in [-0.1, -0.05) is 0 Å². The van der Waals surface area contributed by atoms with Crippen LogP contribution in [0.4, 0.5) is 5.69 Å². The molecule has 0 aliphatic rings. The molecule has 0 aliphatic heterocycles. The van der Waals surface area contributed by atoms with E-state index in [4.69, 9.17) is 9.47 Å². The number of ether oxygens (including phenoxy) is 2. The molecule has 1 aromatic carbocycles. The molecule has 134 valence electrons. The molecule has 0 bridgehead atoms. The second kappa shape index (κ2) is 9.52. The Morgan fingerprint density at radius 3 is 2.76 bits per heavy atom. The predicted molar refractivity (Wildman–Crippen MR) is 102 cm³/mol. The van der Waals surface area contributed by atoms with Crippen molar-refractivity contribution in [3.05, 3.63) is 47.8 Å². The Balaban J connectivity index is 1.95. The second-order valence-corrected chi connectivity index (χ2v) is 5.47. The number of anilines is 1. The number of methoxy groups -OCH3 is 1. The van der Waals surface area contributed by atoms with Crippen LogP contribution in [0.3, 0.4) is 0 Å². The topological polar surface area (TPSA) is 67.8 Å². The third-order valence-corrected chi connectivity index (χ3v) is 3.77. The maximum absolute atomic E-state index is 5.60. The van der Waals surface area contributed by atoms with Gasteiger partial charge < -0.3 is 20.1 Å². The molecule has 2 N–H and O–H groups in total. The third-order valence-electron chi connectivity index (χ3n) is 3.77. The lowest BCUT2D eigenvalue weighted by Gasteiger charge is -2.15. The normalized spacial score (nSPS) is 11.1. The number of nitrogens with zero attached hydrogens (tertiary/aromatic N) is 2. The SMILES string of the molecule is CCOc1cc(NC(=NC)NCCc2ccncc2C)ccc1OC. The van der Waals surface area contributed by atoms with Gasteiger partial charge in [-0.25, -0.2) is 0 Å². The van der Waals surface area contributed by atoms with E-state index in [1.165, 1.54) is 11.1 Å². The number of nitrogens with one attached hydrogen (secondary N) is 2. The molecule has 0 saturated carbocycles. The van der Waals surface area contributed by atoms with E-state index in [2.05, 4.69) is 27.5 Å². The molecular weight excluding hydrogens is 316 g/mol. The summed E-state index contributed by atoms with van der Waals surface area (Å²) in [6, 6.07) is 7.76. The van der Waals surface area contributed by atoms with E-state index in [9.17, 15) is 0 Å². The molecule has 6 nitrogen and oxygen atoms in total. The fourth-order valence-corrected chi connectivity index (χ4v) is 2.44. The smallest absolute Gasteiger partial charge is 0.195 e. The first-order chi connectivity index (χ1) is 12.2. The molecule has 6 heteroatoms. The molecule has 0 spiro atoms. The van der Waals surface area contributed by atoms with Crippen molar-refractivity contribution in [2.45, 2.75) is 20.3 Å². The Morgan fingerprint density at radius 1 is 1.24 bits per heavy atom. The second-order valence-electron chi connectivity index (χ2n) is 5.47. The van der Waals surface area contributed by atoms with Crippen LogP contribution >= 0.6 is 0 Å². The number of pyridine rings is 1. The van der Waals surface area contributed by atoms with Crippen LogP contribution in [0.15, 0.2) is 41.7 Å². The minimum atomic E-state index is 0.581. The molecule has 0 aliphatic carbocycles. The molecule has 25 heavy (non-hydrogen) atoms. The first-order valence-corrected chi connectivity index (χ1v) is 8.36. The summed E-state index contributed by atoms with van der Waals surface area (Å²) < 4.78 is 10.9. The lowest BCUT2D eigenvalue weighted by Crippen LogP contribution is -2.32. The first-order valence-electron chi connectivity index (χ1n) is 8.36. The number of benzene rings is 1. The monoisotopic (exact) mass is 342 g/mol. The van der Waals surface area contributed by atoms with Crippen LogP contribution in [0.2, 0.25) is 0 Å². The summed E-state index contributed by atoms with van der Waals surface area (Å²) in [4.78, 5) is 8.38. The molecule has 2 aromatic rings. The van der Waals surface area contributed by atoms with Gasteiger partial charge in [0.05, 0.1) is 13.7 Å². The highest BCUT2D eigenvalue weighted by Gasteiger charge is 2.07. The Hall–Kier alpha value is -2.76. The van der Waals surface area contributed by atoms with Gasteiger partial charge in [-0.2, -0.15) is 0 Å². The highest BCUT2D eigenvalue weighted by atomic mass is 16.5. The zero-order valence-corrected chi connectivity index (χ0v) is 15.3. The minimum Gasteiger partial charge on any atom is -0.493 e. The van der Waals surface area contributed by atoms with Crippen LogP contribution in [-0.2, 0) is 6.42 Å². The van der Waals surface area contributed by atoms with E-state index in [0.29, 0.717) is 24.1 Å². The summed E-state index contributed by atoms with van der Waals surface area (Å²) in [5, 5.41) is 6.59. The lowest BCUT2D eigenvalue weighted by molar-refractivity contribution is 0.311. The van der Waals surface area contributed by atoms with Crippen molar-refractivity contribution in [3.63, 3.8) is 0 Å². The van der Waals surface area contributed by atoms with Crippen LogP contribution in [0.5, 0.6) is 11.5 Å². The van der Waals surface area contributed by atoms with Crippen molar-refractivity contribution in [2.24, 2.45) is 4.99 Å². The van der Waals surface area contributed by atoms with Crippen LogP contribution in [0.25, 0.3) is 0 Å². The number of aryl methyl sites for hydroxylation is 1. The molecule has 0 fully saturated rings. The van der Waals surface area contributed by atoms with Crippen LogP contribution in [0, 0.1) is 6.92 Å². The maximum Gasteiger partial charge on any atom is 0.195 e. The van der Waals surface area contributed by atoms with Crippen LogP contribution in [0.1, 0.15) is 18.1 Å². The largest absolute Gasteiger partial charge is 0.493 e. The van der Waals surface area contributed by atoms with Crippen molar-refractivity contribution in [2.75, 3.05) is 32.6 Å². The summed E-state index contributed by atoms with van der Waals surface area (Å²) in [5.74, 6) is 2.13. The molecule has 1 aromatic heterocycles. The number of hydrogen-bond donors (Lipinski definition) is 2. The Labute approximate surface area is 149 Å². The zero-order chi connectivity index (χ0) is 18.1. The fourth-order valence-electron chi connectivity index (χ4n) is 2.44. The van der Waals surface area contributed by atoms with E-state index >= 15 is 0 Å². The van der Waals surface area contributed by atoms with Gasteiger partial charge in [0.2, 0.25) is 0 Å². The minimum absolute atomic E-state index is 0.581. The average molecular weight is 342 g/mol. The zero-order valence-electron chi connectivity index (χ0n) is 15.3. The molecule has 0 saturated heterocycles. The molecule has 0 unspecified atom stereocenters. The molecule has 0 radical (unpaired) electrons. The summed E-state index contributed by atoms with van der Waals surface area (Å²) in [6.07, 6.45) is 4.61. The van der Waals surface area contributed by atoms with Crippen molar-refractivity contribution in [1.82, 2.24) is 10.3 Å². The van der Waals surface area contributed by atoms with Gasteiger partial charge in [-0.05, 0) is 49.6 Å². The number of aromatic nitrogens is 1. The Bertz CT molecular complexity index is 716. The highest BCUT2D eigenvalue weighted by molar-refractivity contribution is 5.93. The number of guanidine groups is 1. The number of hydrogen-bond acceptors (Lipinski definition) is 4. The third kappa shape index (κ3) is 5.38.